The Morgan fingerprint density at radius 2 is 1.84 bits per heavy atom. The van der Waals surface area contributed by atoms with Gasteiger partial charge in [-0.15, -0.1) is 0 Å². The number of halogens is 1. The molecule has 3 aliphatic rings. The van der Waals surface area contributed by atoms with E-state index in [1.54, 1.807) is 36.4 Å². The summed E-state index contributed by atoms with van der Waals surface area (Å²) in [5.74, 6) is -1.42. The van der Waals surface area contributed by atoms with Crippen LogP contribution in [0.3, 0.4) is 0 Å². The molecule has 31 heavy (non-hydrogen) atoms. The fourth-order valence-corrected chi connectivity index (χ4v) is 5.07. The molecular weight excluding hydrogens is 397 g/mol. The normalized spacial score (nSPS) is 23.1. The van der Waals surface area contributed by atoms with E-state index < -0.39 is 23.5 Å². The van der Waals surface area contributed by atoms with Crippen LogP contribution in [0.25, 0.3) is 5.76 Å². The monoisotopic (exact) mass is 421 g/mol. The van der Waals surface area contributed by atoms with Gasteiger partial charge in [-0.3, -0.25) is 9.59 Å². The summed E-state index contributed by atoms with van der Waals surface area (Å²) in [5.41, 5.74) is 1.58. The number of Topliss-reactive ketones (excluding diaryl/α,β-unsaturated/α-hetero) is 1. The number of hydrogen-bond donors (Lipinski definition) is 1. The summed E-state index contributed by atoms with van der Waals surface area (Å²) in [6.45, 7) is 0.651. The highest BCUT2D eigenvalue weighted by molar-refractivity contribution is 6.46. The predicted molar refractivity (Wildman–Crippen MR) is 113 cm³/mol. The van der Waals surface area contributed by atoms with E-state index in [2.05, 4.69) is 0 Å². The Morgan fingerprint density at radius 3 is 2.61 bits per heavy atom. The van der Waals surface area contributed by atoms with Crippen LogP contribution in [0.15, 0.2) is 48.0 Å². The molecule has 1 unspecified atom stereocenters. The first-order chi connectivity index (χ1) is 15.1. The third-order valence-corrected chi connectivity index (χ3v) is 6.58. The minimum atomic E-state index is -0.934. The second kappa shape index (κ2) is 7.84. The molecule has 2 aromatic rings. The van der Waals surface area contributed by atoms with Gasteiger partial charge in [-0.2, -0.15) is 0 Å². The van der Waals surface area contributed by atoms with Gasteiger partial charge in [0.25, 0.3) is 11.7 Å². The second-order valence-electron chi connectivity index (χ2n) is 8.44. The number of aliphatic hydroxyl groups excluding tert-OH is 1. The van der Waals surface area contributed by atoms with Crippen molar-refractivity contribution in [1.29, 1.82) is 0 Å². The summed E-state index contributed by atoms with van der Waals surface area (Å²) >= 11 is 0. The predicted octanol–water partition coefficient (Wildman–Crippen LogP) is 4.52. The highest BCUT2D eigenvalue weighted by Crippen LogP contribution is 2.44. The zero-order chi connectivity index (χ0) is 21.5. The van der Waals surface area contributed by atoms with E-state index in [1.165, 1.54) is 11.0 Å². The number of carbonyl (C=O) groups is 2. The van der Waals surface area contributed by atoms with Crippen LogP contribution >= 0.6 is 0 Å². The molecular formula is C25H24FNO4. The number of likely N-dealkylation sites (tertiary alicyclic amines) is 1. The molecule has 1 atom stereocenters. The molecule has 2 aliphatic heterocycles. The summed E-state index contributed by atoms with van der Waals surface area (Å²) in [7, 11) is 0. The minimum absolute atomic E-state index is 0.0429. The maximum Gasteiger partial charge on any atom is 0.295 e. The first-order valence-electron chi connectivity index (χ1n) is 10.9. The van der Waals surface area contributed by atoms with Crippen LogP contribution in [0.4, 0.5) is 4.39 Å². The van der Waals surface area contributed by atoms with Gasteiger partial charge in [0.2, 0.25) is 0 Å². The molecule has 2 heterocycles. The van der Waals surface area contributed by atoms with Crippen LogP contribution in [0.5, 0.6) is 5.75 Å². The van der Waals surface area contributed by atoms with Gasteiger partial charge in [0, 0.05) is 17.2 Å². The molecule has 5 nitrogen and oxygen atoms in total. The van der Waals surface area contributed by atoms with Crippen LogP contribution in [-0.4, -0.2) is 34.3 Å². The standard InChI is InChI=1S/C25H24FNO4/c26-19-10-4-3-9-18(19)22-21(24(29)25(30)27(22)17-7-1-2-8-17)23(28)16-11-12-20-15(14-16)6-5-13-31-20/h3-4,9-12,14,17,22,28H,1-2,5-8,13H2/b23-21+. The first-order valence-corrected chi connectivity index (χ1v) is 10.9. The number of rotatable bonds is 3. The Labute approximate surface area is 180 Å². The largest absolute Gasteiger partial charge is 0.507 e. The number of carbonyl (C=O) groups excluding carboxylic acids is 2. The molecule has 6 heteroatoms. The number of aliphatic hydroxyl groups is 1. The molecule has 5 rings (SSSR count). The number of ether oxygens (including phenoxy) is 1. The maximum atomic E-state index is 14.9. The Hall–Kier alpha value is -3.15. The van der Waals surface area contributed by atoms with Gasteiger partial charge in [-0.25, -0.2) is 4.39 Å². The zero-order valence-corrected chi connectivity index (χ0v) is 17.1. The van der Waals surface area contributed by atoms with Crippen molar-refractivity contribution in [3.05, 3.63) is 70.5 Å². The fourth-order valence-electron chi connectivity index (χ4n) is 5.07. The molecule has 1 saturated carbocycles. The van der Waals surface area contributed by atoms with E-state index in [0.717, 1.165) is 49.8 Å². The number of nitrogens with zero attached hydrogens (tertiary/aromatic N) is 1. The number of ketones is 1. The molecule has 2 aromatic carbocycles. The van der Waals surface area contributed by atoms with Gasteiger partial charge in [-0.05, 0) is 55.5 Å². The number of amides is 1. The summed E-state index contributed by atoms with van der Waals surface area (Å²) in [6, 6.07) is 10.3. The Morgan fingerprint density at radius 1 is 1.06 bits per heavy atom. The van der Waals surface area contributed by atoms with Gasteiger partial charge in [0.1, 0.15) is 17.3 Å². The van der Waals surface area contributed by atoms with Crippen molar-refractivity contribution in [1.82, 2.24) is 4.90 Å². The summed E-state index contributed by atoms with van der Waals surface area (Å²) in [4.78, 5) is 27.7. The van der Waals surface area contributed by atoms with Gasteiger partial charge < -0.3 is 14.7 Å². The fraction of sp³-hybridized carbons (Fsp3) is 0.360. The van der Waals surface area contributed by atoms with E-state index in [9.17, 15) is 19.1 Å². The van der Waals surface area contributed by atoms with Crippen molar-refractivity contribution in [3.63, 3.8) is 0 Å². The van der Waals surface area contributed by atoms with E-state index in [-0.39, 0.29) is 22.9 Å². The number of aryl methyl sites for hydroxylation is 1. The second-order valence-corrected chi connectivity index (χ2v) is 8.44. The Balaban J connectivity index is 1.67. The molecule has 0 radical (unpaired) electrons. The average molecular weight is 421 g/mol. The van der Waals surface area contributed by atoms with Crippen LogP contribution < -0.4 is 4.74 Å². The third-order valence-electron chi connectivity index (χ3n) is 6.58. The lowest BCUT2D eigenvalue weighted by atomic mass is 9.93. The number of hydrogen-bond acceptors (Lipinski definition) is 4. The van der Waals surface area contributed by atoms with Crippen molar-refractivity contribution >= 4 is 17.4 Å². The lowest BCUT2D eigenvalue weighted by molar-refractivity contribution is -0.141. The van der Waals surface area contributed by atoms with Crippen LogP contribution in [0.1, 0.15) is 54.8 Å². The SMILES string of the molecule is O=C1C(=O)N(C2CCCC2)C(c2ccccc2F)/C1=C(\O)c1ccc2c(c1)CCCO2. The van der Waals surface area contributed by atoms with E-state index in [0.29, 0.717) is 12.2 Å². The first kappa shape index (κ1) is 19.8. The van der Waals surface area contributed by atoms with Crippen LogP contribution in [-0.2, 0) is 16.0 Å². The average Bonchev–Trinajstić information content (AvgIpc) is 3.40. The Kier molecular flexibility index (Phi) is 5.00. The molecule has 1 saturated heterocycles. The van der Waals surface area contributed by atoms with Crippen LogP contribution in [0, 0.1) is 5.82 Å². The maximum absolute atomic E-state index is 14.9. The smallest absolute Gasteiger partial charge is 0.295 e. The lowest BCUT2D eigenvalue weighted by Gasteiger charge is -2.31. The summed E-state index contributed by atoms with van der Waals surface area (Å²) in [6.07, 6.45) is 5.15. The summed E-state index contributed by atoms with van der Waals surface area (Å²) < 4.78 is 20.5. The molecule has 0 aromatic heterocycles. The third kappa shape index (κ3) is 3.30. The molecule has 160 valence electrons. The van der Waals surface area contributed by atoms with Crippen molar-refractivity contribution in [2.24, 2.45) is 0 Å². The molecule has 1 aliphatic carbocycles. The zero-order valence-electron chi connectivity index (χ0n) is 17.1. The topological polar surface area (TPSA) is 66.8 Å². The number of benzene rings is 2. The summed E-state index contributed by atoms with van der Waals surface area (Å²) in [5, 5.41) is 11.2. The molecule has 0 bridgehead atoms. The molecule has 2 fully saturated rings. The van der Waals surface area contributed by atoms with Gasteiger partial charge in [0.15, 0.2) is 0 Å². The molecule has 0 spiro atoms. The molecule has 1 N–H and O–H groups in total. The lowest BCUT2D eigenvalue weighted by Crippen LogP contribution is -2.38. The van der Waals surface area contributed by atoms with Crippen molar-refractivity contribution in [3.8, 4) is 5.75 Å². The van der Waals surface area contributed by atoms with Gasteiger partial charge >= 0.3 is 0 Å². The van der Waals surface area contributed by atoms with Crippen molar-refractivity contribution < 1.29 is 23.8 Å². The van der Waals surface area contributed by atoms with E-state index in [1.807, 2.05) is 0 Å². The van der Waals surface area contributed by atoms with E-state index >= 15 is 0 Å². The van der Waals surface area contributed by atoms with Crippen molar-refractivity contribution in [2.75, 3.05) is 6.61 Å². The van der Waals surface area contributed by atoms with Gasteiger partial charge in [-0.1, -0.05) is 31.0 Å². The quantitative estimate of drug-likeness (QED) is 0.450. The Bertz CT molecular complexity index is 1090. The van der Waals surface area contributed by atoms with Crippen molar-refractivity contribution in [2.45, 2.75) is 50.6 Å². The van der Waals surface area contributed by atoms with Crippen LogP contribution in [0.2, 0.25) is 0 Å². The highest BCUT2D eigenvalue weighted by Gasteiger charge is 2.49. The van der Waals surface area contributed by atoms with E-state index in [4.69, 9.17) is 4.74 Å². The molecule has 1 amide bonds. The number of fused-ring (bicyclic) bond motifs is 1. The minimum Gasteiger partial charge on any atom is -0.507 e. The highest BCUT2D eigenvalue weighted by atomic mass is 19.1. The van der Waals surface area contributed by atoms with Gasteiger partial charge in [0.05, 0.1) is 18.2 Å².